The maximum Gasteiger partial charge on any atom is 0.472 e. The minimum Gasteiger partial charge on any atom is -0.462 e. The number of carbonyl (C=O) groups is 4. The molecule has 19 heteroatoms. The van der Waals surface area contributed by atoms with Gasteiger partial charge in [-0.05, 0) is 25.7 Å². The van der Waals surface area contributed by atoms with Crippen LogP contribution in [0.5, 0.6) is 0 Å². The Hall–Kier alpha value is -1.94. The first-order chi connectivity index (χ1) is 42.7. The molecule has 0 aromatic heterocycles. The topological polar surface area (TPSA) is 237 Å². The molecule has 0 amide bonds. The molecule has 17 nitrogen and oxygen atoms in total. The second kappa shape index (κ2) is 63.8. The third-order valence-corrected chi connectivity index (χ3v) is 18.0. The summed E-state index contributed by atoms with van der Waals surface area (Å²) in [5.41, 5.74) is 0. The Morgan fingerprint density at radius 3 is 0.670 bits per heavy atom. The Labute approximate surface area is 537 Å². The number of esters is 4. The third-order valence-electron chi connectivity index (χ3n) is 16.1. The van der Waals surface area contributed by atoms with Gasteiger partial charge in [0.2, 0.25) is 0 Å². The van der Waals surface area contributed by atoms with E-state index in [1.807, 2.05) is 0 Å². The highest BCUT2D eigenvalue weighted by molar-refractivity contribution is 7.47. The summed E-state index contributed by atoms with van der Waals surface area (Å²) in [5, 5.41) is 10.6. The van der Waals surface area contributed by atoms with Crippen molar-refractivity contribution < 1.29 is 80.2 Å². The van der Waals surface area contributed by atoms with E-state index >= 15 is 0 Å². The van der Waals surface area contributed by atoms with E-state index in [1.165, 1.54) is 180 Å². The average Bonchev–Trinajstić information content (AvgIpc) is 3.54. The van der Waals surface area contributed by atoms with E-state index in [1.54, 1.807) is 0 Å². The lowest BCUT2D eigenvalue weighted by Crippen LogP contribution is -2.30. The summed E-state index contributed by atoms with van der Waals surface area (Å²) in [4.78, 5) is 72.3. The molecule has 0 aromatic carbocycles. The van der Waals surface area contributed by atoms with Gasteiger partial charge in [0.05, 0.1) is 26.4 Å². The van der Waals surface area contributed by atoms with Gasteiger partial charge >= 0.3 is 39.5 Å². The first kappa shape index (κ1) is 86.1. The molecule has 0 rings (SSSR count). The van der Waals surface area contributed by atoms with Gasteiger partial charge in [-0.2, -0.15) is 0 Å². The van der Waals surface area contributed by atoms with Gasteiger partial charge in [-0.1, -0.05) is 310 Å². The van der Waals surface area contributed by atoms with Crippen LogP contribution in [-0.2, 0) is 65.4 Å². The fourth-order valence-corrected chi connectivity index (χ4v) is 12.1. The maximum atomic E-state index is 13.0. The van der Waals surface area contributed by atoms with Gasteiger partial charge in [0.1, 0.15) is 19.3 Å². The van der Waals surface area contributed by atoms with E-state index < -0.39 is 97.5 Å². The first-order valence-corrected chi connectivity index (χ1v) is 39.3. The zero-order valence-electron chi connectivity index (χ0n) is 56.7. The second-order valence-corrected chi connectivity index (χ2v) is 27.8. The quantitative estimate of drug-likeness (QED) is 0.0222. The molecule has 0 heterocycles. The second-order valence-electron chi connectivity index (χ2n) is 24.9. The van der Waals surface area contributed by atoms with Crippen molar-refractivity contribution in [1.82, 2.24) is 0 Å². The average molecular weight is 1300 g/mol. The van der Waals surface area contributed by atoms with Crippen LogP contribution < -0.4 is 0 Å². The molecule has 0 aliphatic heterocycles. The lowest BCUT2D eigenvalue weighted by molar-refractivity contribution is -0.161. The molecule has 5 atom stereocenters. The summed E-state index contributed by atoms with van der Waals surface area (Å²) in [6, 6.07) is 0. The Balaban J connectivity index is 5.18. The molecule has 0 aliphatic carbocycles. The van der Waals surface area contributed by atoms with Crippen molar-refractivity contribution in [1.29, 1.82) is 0 Å². The molecule has 0 radical (unpaired) electrons. The monoisotopic (exact) mass is 1300 g/mol. The van der Waals surface area contributed by atoms with Gasteiger partial charge in [0, 0.05) is 25.7 Å². The molecule has 0 aromatic rings. The zero-order valence-corrected chi connectivity index (χ0v) is 58.5. The fourth-order valence-electron chi connectivity index (χ4n) is 10.5. The van der Waals surface area contributed by atoms with Crippen LogP contribution in [0.4, 0.5) is 0 Å². The van der Waals surface area contributed by atoms with Gasteiger partial charge < -0.3 is 33.8 Å². The number of carbonyl (C=O) groups excluding carboxylic acids is 4. The van der Waals surface area contributed by atoms with Crippen LogP contribution in [0.15, 0.2) is 0 Å². The number of hydrogen-bond acceptors (Lipinski definition) is 15. The number of aliphatic hydroxyl groups is 1. The Bertz CT molecular complexity index is 1690. The van der Waals surface area contributed by atoms with E-state index in [4.69, 9.17) is 37.0 Å². The zero-order chi connectivity index (χ0) is 64.7. The van der Waals surface area contributed by atoms with E-state index in [-0.39, 0.29) is 25.7 Å². The number of phosphoric ester groups is 2. The summed E-state index contributed by atoms with van der Waals surface area (Å²) < 4.78 is 68.1. The van der Waals surface area contributed by atoms with Gasteiger partial charge in [-0.3, -0.25) is 37.3 Å². The Morgan fingerprint density at radius 1 is 0.273 bits per heavy atom. The Morgan fingerprint density at radius 2 is 0.455 bits per heavy atom. The van der Waals surface area contributed by atoms with Gasteiger partial charge in [0.25, 0.3) is 0 Å². The molecular weight excluding hydrogens is 1160 g/mol. The van der Waals surface area contributed by atoms with Crippen LogP contribution in [0, 0.1) is 0 Å². The molecule has 0 bridgehead atoms. The number of phosphoric acid groups is 2. The van der Waals surface area contributed by atoms with Gasteiger partial charge in [0.15, 0.2) is 12.2 Å². The predicted octanol–water partition coefficient (Wildman–Crippen LogP) is 19.9. The summed E-state index contributed by atoms with van der Waals surface area (Å²) in [7, 11) is -9.89. The van der Waals surface area contributed by atoms with Crippen LogP contribution in [0.2, 0.25) is 0 Å². The summed E-state index contributed by atoms with van der Waals surface area (Å²) in [5.74, 6) is -2.13. The third kappa shape index (κ3) is 62.8. The largest absolute Gasteiger partial charge is 0.472 e. The lowest BCUT2D eigenvalue weighted by atomic mass is 10.0. The molecule has 0 fully saturated rings. The summed E-state index contributed by atoms with van der Waals surface area (Å²) >= 11 is 0. The molecule has 3 N–H and O–H groups in total. The highest BCUT2D eigenvalue weighted by Gasteiger charge is 2.30. The maximum absolute atomic E-state index is 13.0. The lowest BCUT2D eigenvalue weighted by Gasteiger charge is -2.21. The highest BCUT2D eigenvalue weighted by atomic mass is 31.2. The molecule has 0 saturated heterocycles. The van der Waals surface area contributed by atoms with Crippen molar-refractivity contribution in [3.63, 3.8) is 0 Å². The molecule has 522 valence electrons. The number of hydrogen-bond donors (Lipinski definition) is 3. The molecule has 0 aliphatic rings. The number of rotatable bonds is 70. The number of aliphatic hydroxyl groups excluding tert-OH is 1. The minimum absolute atomic E-state index is 0.106. The standard InChI is InChI=1S/C69H134O17P2/c1-5-9-13-17-21-24-26-28-30-32-34-36-39-42-46-50-54-67(72)80-60-65(86-69(74)56-52-48-44-40-37-35-33-31-29-27-25-22-18-14-10-6-2)62-84-88(77,78)82-58-63(70)57-81-87(75,76)83-61-64(59-79-66(71)53-49-45-41-20-16-12-8-4)85-68(73)55-51-47-43-38-23-19-15-11-7-3/h63-65,70H,5-62H2,1-4H3,(H,75,76)(H,77,78)/t63-,64+,65+/m0/s1. The van der Waals surface area contributed by atoms with Crippen LogP contribution in [-0.4, -0.2) is 96.7 Å². The number of unbranched alkanes of at least 4 members (excludes halogenated alkanes) is 44. The summed E-state index contributed by atoms with van der Waals surface area (Å²) in [6.45, 7) is 4.89. The fraction of sp³-hybridized carbons (Fsp3) is 0.942. The van der Waals surface area contributed by atoms with Crippen LogP contribution >= 0.6 is 15.6 Å². The molecule has 2 unspecified atom stereocenters. The van der Waals surface area contributed by atoms with Crippen LogP contribution in [0.1, 0.15) is 362 Å². The van der Waals surface area contributed by atoms with Crippen LogP contribution in [0.3, 0.4) is 0 Å². The molecule has 88 heavy (non-hydrogen) atoms. The van der Waals surface area contributed by atoms with E-state index in [0.717, 1.165) is 103 Å². The smallest absolute Gasteiger partial charge is 0.462 e. The first-order valence-electron chi connectivity index (χ1n) is 36.3. The molecule has 0 spiro atoms. The summed E-state index contributed by atoms with van der Waals surface area (Å²) in [6.07, 6.45) is 51.5. The van der Waals surface area contributed by atoms with E-state index in [9.17, 15) is 43.2 Å². The van der Waals surface area contributed by atoms with Crippen molar-refractivity contribution in [3.8, 4) is 0 Å². The molecular formula is C69H134O17P2. The van der Waals surface area contributed by atoms with E-state index in [2.05, 4.69) is 27.7 Å². The van der Waals surface area contributed by atoms with Crippen molar-refractivity contribution >= 4 is 39.5 Å². The van der Waals surface area contributed by atoms with Crippen molar-refractivity contribution in [3.05, 3.63) is 0 Å². The minimum atomic E-state index is -4.95. The normalized spacial score (nSPS) is 14.0. The van der Waals surface area contributed by atoms with Crippen molar-refractivity contribution in [2.24, 2.45) is 0 Å². The van der Waals surface area contributed by atoms with Crippen molar-refractivity contribution in [2.75, 3.05) is 39.6 Å². The van der Waals surface area contributed by atoms with Gasteiger partial charge in [-0.25, -0.2) is 9.13 Å². The SMILES string of the molecule is CCCCCCCCCCCCCCCCCCC(=O)OC[C@H](COP(=O)(O)OC[C@@H](O)COP(=O)(O)OC[C@@H](COC(=O)CCCCCCCCC)OC(=O)CCCCCCCCCCC)OC(=O)CCCCCCCCCCCCCCCCCC. The van der Waals surface area contributed by atoms with E-state index in [0.29, 0.717) is 25.7 Å². The Kier molecular flexibility index (Phi) is 62.4. The highest BCUT2D eigenvalue weighted by Crippen LogP contribution is 2.45. The molecule has 0 saturated carbocycles. The van der Waals surface area contributed by atoms with Crippen molar-refractivity contribution in [2.45, 2.75) is 380 Å². The number of ether oxygens (including phenoxy) is 4. The van der Waals surface area contributed by atoms with Crippen LogP contribution in [0.25, 0.3) is 0 Å². The van der Waals surface area contributed by atoms with Gasteiger partial charge in [-0.15, -0.1) is 0 Å². The predicted molar refractivity (Wildman–Crippen MR) is 354 cm³/mol.